The zero-order valence-corrected chi connectivity index (χ0v) is 16.2. The van der Waals surface area contributed by atoms with Gasteiger partial charge in [-0.1, -0.05) is 13.8 Å². The third kappa shape index (κ3) is 4.17. The maximum Gasteiger partial charge on any atom is 0.191 e. The number of ether oxygens (including phenoxy) is 1. The number of hydrogen-bond acceptors (Lipinski definition) is 5. The lowest BCUT2D eigenvalue weighted by Gasteiger charge is -2.36. The average molecular weight is 364 g/mol. The zero-order valence-electron chi connectivity index (χ0n) is 16.2. The number of rotatable bonds is 5. The van der Waals surface area contributed by atoms with E-state index in [0.717, 1.165) is 49.8 Å². The third-order valence-electron chi connectivity index (χ3n) is 5.58. The van der Waals surface area contributed by atoms with Crippen LogP contribution in [0.1, 0.15) is 50.7 Å². The van der Waals surface area contributed by atoms with Crippen molar-refractivity contribution in [3.8, 4) is 0 Å². The summed E-state index contributed by atoms with van der Waals surface area (Å²) < 4.78 is 7.68. The van der Waals surface area contributed by atoms with Crippen LogP contribution in [0, 0.1) is 5.41 Å². The van der Waals surface area contributed by atoms with Gasteiger partial charge in [-0.15, -0.1) is 10.2 Å². The summed E-state index contributed by atoms with van der Waals surface area (Å²) in [5, 5.41) is 25.5. The Bertz CT molecular complexity index is 621. The van der Waals surface area contributed by atoms with Crippen molar-refractivity contribution in [3.05, 3.63) is 11.6 Å². The van der Waals surface area contributed by atoms with Crippen molar-refractivity contribution in [2.45, 2.75) is 58.0 Å². The fourth-order valence-corrected chi connectivity index (χ4v) is 3.75. The summed E-state index contributed by atoms with van der Waals surface area (Å²) in [5.41, 5.74) is -0.116. The standard InChI is InChI=1S/C18H32N6O2/c1-13(2)16-23-22-15-5-4-14(10-24(15)16)21-17(19-3)20-11-18(12-25)6-8-26-9-7-18/h13-14,25H,4-12H2,1-3H3,(H2,19,20,21). The highest BCUT2D eigenvalue weighted by Crippen LogP contribution is 2.29. The number of aliphatic hydroxyl groups is 1. The largest absolute Gasteiger partial charge is 0.396 e. The number of hydrogen-bond donors (Lipinski definition) is 3. The van der Waals surface area contributed by atoms with Crippen LogP contribution in [0.5, 0.6) is 0 Å². The van der Waals surface area contributed by atoms with Crippen molar-refractivity contribution in [2.75, 3.05) is 33.4 Å². The molecule has 2 aliphatic heterocycles. The molecule has 1 aromatic heterocycles. The van der Waals surface area contributed by atoms with E-state index in [-0.39, 0.29) is 12.0 Å². The van der Waals surface area contributed by atoms with Crippen LogP contribution in [0.15, 0.2) is 4.99 Å². The highest BCUT2D eigenvalue weighted by molar-refractivity contribution is 5.80. The summed E-state index contributed by atoms with van der Waals surface area (Å²) in [4.78, 5) is 4.37. The Morgan fingerprint density at radius 3 is 2.81 bits per heavy atom. The van der Waals surface area contributed by atoms with Crippen LogP contribution in [-0.2, 0) is 17.7 Å². The smallest absolute Gasteiger partial charge is 0.191 e. The highest BCUT2D eigenvalue weighted by Gasteiger charge is 2.32. The number of nitrogens with one attached hydrogen (secondary N) is 2. The van der Waals surface area contributed by atoms with E-state index in [1.54, 1.807) is 7.05 Å². The van der Waals surface area contributed by atoms with Crippen LogP contribution in [0.3, 0.4) is 0 Å². The summed E-state index contributed by atoms with van der Waals surface area (Å²) >= 11 is 0. The predicted molar refractivity (Wildman–Crippen MR) is 100 cm³/mol. The maximum atomic E-state index is 9.84. The Kier molecular flexibility index (Phi) is 6.13. The van der Waals surface area contributed by atoms with E-state index in [0.29, 0.717) is 31.7 Å². The van der Waals surface area contributed by atoms with Crippen LogP contribution in [0.4, 0.5) is 0 Å². The summed E-state index contributed by atoms with van der Waals surface area (Å²) in [6.45, 7) is 7.46. The number of guanidine groups is 1. The monoisotopic (exact) mass is 364 g/mol. The van der Waals surface area contributed by atoms with Crippen molar-refractivity contribution in [1.29, 1.82) is 0 Å². The zero-order chi connectivity index (χ0) is 18.6. The number of aryl methyl sites for hydroxylation is 1. The number of nitrogens with zero attached hydrogens (tertiary/aromatic N) is 4. The molecule has 1 atom stereocenters. The van der Waals surface area contributed by atoms with Gasteiger partial charge in [0.15, 0.2) is 5.96 Å². The van der Waals surface area contributed by atoms with Gasteiger partial charge in [-0.3, -0.25) is 4.99 Å². The van der Waals surface area contributed by atoms with Gasteiger partial charge < -0.3 is 25.0 Å². The van der Waals surface area contributed by atoms with E-state index in [1.807, 2.05) is 0 Å². The minimum Gasteiger partial charge on any atom is -0.396 e. The molecule has 1 fully saturated rings. The average Bonchev–Trinajstić information content (AvgIpc) is 3.09. The molecule has 8 heteroatoms. The first-order valence-electron chi connectivity index (χ1n) is 9.64. The molecule has 1 saturated heterocycles. The van der Waals surface area contributed by atoms with E-state index >= 15 is 0 Å². The molecule has 0 radical (unpaired) electrons. The summed E-state index contributed by atoms with van der Waals surface area (Å²) in [6, 6.07) is 0.293. The molecular formula is C18H32N6O2. The minimum atomic E-state index is -0.116. The molecule has 1 unspecified atom stereocenters. The van der Waals surface area contributed by atoms with Gasteiger partial charge in [0.05, 0.1) is 6.61 Å². The van der Waals surface area contributed by atoms with E-state index in [4.69, 9.17) is 4.74 Å². The Labute approximate surface area is 155 Å². The second-order valence-electron chi connectivity index (χ2n) is 7.82. The topological polar surface area (TPSA) is 96.6 Å². The second kappa shape index (κ2) is 8.35. The molecule has 2 aliphatic rings. The highest BCUT2D eigenvalue weighted by atomic mass is 16.5. The fraction of sp³-hybridized carbons (Fsp3) is 0.833. The number of aromatic nitrogens is 3. The van der Waals surface area contributed by atoms with Gasteiger partial charge in [-0.25, -0.2) is 0 Å². The Balaban J connectivity index is 1.58. The molecule has 146 valence electrons. The Hall–Kier alpha value is -1.67. The molecule has 0 saturated carbocycles. The lowest BCUT2D eigenvalue weighted by Crippen LogP contribution is -2.51. The van der Waals surface area contributed by atoms with Crippen LogP contribution in [0.2, 0.25) is 0 Å². The van der Waals surface area contributed by atoms with E-state index in [9.17, 15) is 5.11 Å². The SMILES string of the molecule is CN=C(NCC1(CO)CCOCC1)NC1CCc2nnc(C(C)C)n2C1. The molecule has 8 nitrogen and oxygen atoms in total. The summed E-state index contributed by atoms with van der Waals surface area (Å²) in [7, 11) is 1.79. The molecule has 1 aromatic rings. The number of fused-ring (bicyclic) bond motifs is 1. The fourth-order valence-electron chi connectivity index (χ4n) is 3.75. The van der Waals surface area contributed by atoms with Gasteiger partial charge >= 0.3 is 0 Å². The summed E-state index contributed by atoms with van der Waals surface area (Å²) in [5.74, 6) is 3.29. The van der Waals surface area contributed by atoms with Crippen LogP contribution >= 0.6 is 0 Å². The van der Waals surface area contributed by atoms with E-state index < -0.39 is 0 Å². The van der Waals surface area contributed by atoms with Gasteiger partial charge in [0.2, 0.25) is 0 Å². The first kappa shape index (κ1) is 19.1. The van der Waals surface area contributed by atoms with Crippen LogP contribution in [-0.4, -0.2) is 65.3 Å². The number of aliphatic imine (C=N–C) groups is 1. The number of aliphatic hydroxyl groups excluding tert-OH is 1. The predicted octanol–water partition coefficient (Wildman–Crippen LogP) is 0.670. The van der Waals surface area contributed by atoms with Crippen molar-refractivity contribution >= 4 is 5.96 Å². The minimum absolute atomic E-state index is 0.116. The van der Waals surface area contributed by atoms with Gasteiger partial charge in [-0.2, -0.15) is 0 Å². The van der Waals surface area contributed by atoms with Gasteiger partial charge in [0.25, 0.3) is 0 Å². The maximum absolute atomic E-state index is 9.84. The molecule has 0 aliphatic carbocycles. The van der Waals surface area contributed by atoms with E-state index in [2.05, 4.69) is 44.2 Å². The van der Waals surface area contributed by atoms with Gasteiger partial charge in [-0.05, 0) is 19.3 Å². The van der Waals surface area contributed by atoms with Crippen molar-refractivity contribution in [2.24, 2.45) is 10.4 Å². The normalized spacial score (nSPS) is 23.0. The molecule has 0 amide bonds. The van der Waals surface area contributed by atoms with Crippen molar-refractivity contribution in [1.82, 2.24) is 25.4 Å². The second-order valence-corrected chi connectivity index (χ2v) is 7.82. The van der Waals surface area contributed by atoms with Crippen molar-refractivity contribution < 1.29 is 9.84 Å². The quantitative estimate of drug-likeness (QED) is 0.525. The summed E-state index contributed by atoms with van der Waals surface area (Å²) in [6.07, 6.45) is 3.68. The third-order valence-corrected chi connectivity index (χ3v) is 5.58. The lowest BCUT2D eigenvalue weighted by molar-refractivity contribution is -0.0132. The van der Waals surface area contributed by atoms with Crippen LogP contribution in [0.25, 0.3) is 0 Å². The Morgan fingerprint density at radius 2 is 2.15 bits per heavy atom. The first-order valence-corrected chi connectivity index (χ1v) is 9.64. The van der Waals surface area contributed by atoms with Gasteiger partial charge in [0.1, 0.15) is 11.6 Å². The van der Waals surface area contributed by atoms with Crippen molar-refractivity contribution in [3.63, 3.8) is 0 Å². The molecule has 0 bridgehead atoms. The molecule has 3 N–H and O–H groups in total. The van der Waals surface area contributed by atoms with Gasteiger partial charge in [0, 0.05) is 57.1 Å². The molecule has 3 rings (SSSR count). The molecule has 0 spiro atoms. The van der Waals surface area contributed by atoms with Crippen LogP contribution < -0.4 is 10.6 Å². The lowest BCUT2D eigenvalue weighted by atomic mass is 9.81. The first-order chi connectivity index (χ1) is 12.6. The molecule has 0 aromatic carbocycles. The molecular weight excluding hydrogens is 332 g/mol. The molecule has 26 heavy (non-hydrogen) atoms. The van der Waals surface area contributed by atoms with E-state index in [1.165, 1.54) is 0 Å². The molecule has 3 heterocycles. The Morgan fingerprint density at radius 1 is 1.38 bits per heavy atom.